The molecule has 2 rings (SSSR count). The molecule has 7 nitrogen and oxygen atoms in total. The number of ether oxygens (including phenoxy) is 2. The van der Waals surface area contributed by atoms with Gasteiger partial charge in [0.25, 0.3) is 5.91 Å². The molecule has 0 saturated carbocycles. The highest BCUT2D eigenvalue weighted by atomic mass is 35.5. The van der Waals surface area contributed by atoms with Crippen molar-refractivity contribution in [2.75, 3.05) is 19.5 Å². The fourth-order valence-electron chi connectivity index (χ4n) is 2.13. The van der Waals surface area contributed by atoms with E-state index in [-0.39, 0.29) is 17.1 Å². The Bertz CT molecular complexity index is 783. The Morgan fingerprint density at radius 2 is 1.88 bits per heavy atom. The number of methoxy groups -OCH3 is 2. The number of hydrogen-bond acceptors (Lipinski definition) is 5. The summed E-state index contributed by atoms with van der Waals surface area (Å²) in [4.78, 5) is 23.5. The number of hydrogen-bond donors (Lipinski definition) is 2. The number of carbonyl (C=O) groups excluding carboxylic acids is 1. The molecule has 0 atom stereocenters. The number of halogens is 1. The van der Waals surface area contributed by atoms with Gasteiger partial charge in [-0.05, 0) is 0 Å². The average molecular weight is 354 g/mol. The van der Waals surface area contributed by atoms with Gasteiger partial charge in [0.1, 0.15) is 22.8 Å². The quantitative estimate of drug-likeness (QED) is 0.825. The SMILES string of the molecule is CCc1oc(C(=O)Nc2cc(OC)c(Cl)cc2OC)cc1C(=O)O. The van der Waals surface area contributed by atoms with Gasteiger partial charge in [-0.2, -0.15) is 0 Å². The van der Waals surface area contributed by atoms with Gasteiger partial charge in [-0.25, -0.2) is 4.79 Å². The number of carboxylic acids is 1. The lowest BCUT2D eigenvalue weighted by atomic mass is 10.2. The monoisotopic (exact) mass is 353 g/mol. The van der Waals surface area contributed by atoms with E-state index in [1.54, 1.807) is 6.92 Å². The topological polar surface area (TPSA) is 98.0 Å². The molecule has 0 aliphatic carbocycles. The van der Waals surface area contributed by atoms with Gasteiger partial charge >= 0.3 is 5.97 Å². The summed E-state index contributed by atoms with van der Waals surface area (Å²) in [5.74, 6) is -0.962. The summed E-state index contributed by atoms with van der Waals surface area (Å²) in [6, 6.07) is 4.19. The van der Waals surface area contributed by atoms with Gasteiger partial charge < -0.3 is 24.3 Å². The smallest absolute Gasteiger partial charge is 0.339 e. The number of amides is 1. The molecule has 0 spiro atoms. The van der Waals surface area contributed by atoms with Crippen LogP contribution in [0.4, 0.5) is 5.69 Å². The number of carboxylic acid groups (broad SMARTS) is 1. The van der Waals surface area contributed by atoms with Crippen LogP contribution in [0.25, 0.3) is 0 Å². The zero-order valence-electron chi connectivity index (χ0n) is 13.3. The van der Waals surface area contributed by atoms with Crippen molar-refractivity contribution < 1.29 is 28.6 Å². The van der Waals surface area contributed by atoms with Crippen LogP contribution in [0, 0.1) is 0 Å². The summed E-state index contributed by atoms with van der Waals surface area (Å²) in [7, 11) is 2.87. The van der Waals surface area contributed by atoms with Crippen molar-refractivity contribution in [3.63, 3.8) is 0 Å². The van der Waals surface area contributed by atoms with Crippen molar-refractivity contribution in [1.82, 2.24) is 0 Å². The molecule has 1 amide bonds. The summed E-state index contributed by atoms with van der Waals surface area (Å²) in [5, 5.41) is 12.0. The van der Waals surface area contributed by atoms with Crippen LogP contribution >= 0.6 is 11.6 Å². The van der Waals surface area contributed by atoms with Crippen molar-refractivity contribution in [2.24, 2.45) is 0 Å². The van der Waals surface area contributed by atoms with Gasteiger partial charge in [-0.3, -0.25) is 4.79 Å². The Balaban J connectivity index is 2.34. The first-order valence-corrected chi connectivity index (χ1v) is 7.37. The third kappa shape index (κ3) is 3.46. The van der Waals surface area contributed by atoms with E-state index in [1.807, 2.05) is 0 Å². The van der Waals surface area contributed by atoms with E-state index in [0.717, 1.165) is 0 Å². The summed E-state index contributed by atoms with van der Waals surface area (Å²) < 4.78 is 15.6. The van der Waals surface area contributed by atoms with Gasteiger partial charge in [0.15, 0.2) is 5.76 Å². The number of aromatic carboxylic acids is 1. The largest absolute Gasteiger partial charge is 0.495 e. The van der Waals surface area contributed by atoms with Crippen LogP contribution in [0.3, 0.4) is 0 Å². The number of rotatable bonds is 6. The molecule has 8 heteroatoms. The van der Waals surface area contributed by atoms with Gasteiger partial charge in [-0.1, -0.05) is 18.5 Å². The number of benzene rings is 1. The van der Waals surface area contributed by atoms with Crippen molar-refractivity contribution in [2.45, 2.75) is 13.3 Å². The van der Waals surface area contributed by atoms with Gasteiger partial charge in [0.05, 0.1) is 24.9 Å². The van der Waals surface area contributed by atoms with Crippen molar-refractivity contribution >= 4 is 29.2 Å². The number of aryl methyl sites for hydroxylation is 1. The van der Waals surface area contributed by atoms with Crippen LogP contribution in [0.5, 0.6) is 11.5 Å². The molecule has 1 heterocycles. The molecule has 24 heavy (non-hydrogen) atoms. The first-order valence-electron chi connectivity index (χ1n) is 7.00. The number of nitrogens with one attached hydrogen (secondary N) is 1. The normalized spacial score (nSPS) is 10.3. The third-order valence-corrected chi connectivity index (χ3v) is 3.60. The Morgan fingerprint density at radius 3 is 2.38 bits per heavy atom. The molecular weight excluding hydrogens is 338 g/mol. The first-order chi connectivity index (χ1) is 11.4. The van der Waals surface area contributed by atoms with E-state index in [1.165, 1.54) is 32.4 Å². The molecule has 0 bridgehead atoms. The molecule has 2 N–H and O–H groups in total. The van der Waals surface area contributed by atoms with Crippen molar-refractivity contribution in [1.29, 1.82) is 0 Å². The highest BCUT2D eigenvalue weighted by molar-refractivity contribution is 6.32. The minimum Gasteiger partial charge on any atom is -0.495 e. The molecule has 0 aliphatic rings. The molecule has 0 aliphatic heterocycles. The number of furan rings is 1. The highest BCUT2D eigenvalue weighted by Gasteiger charge is 2.21. The zero-order valence-corrected chi connectivity index (χ0v) is 14.1. The van der Waals surface area contributed by atoms with E-state index in [2.05, 4.69) is 5.32 Å². The molecule has 1 aromatic carbocycles. The van der Waals surface area contributed by atoms with Crippen LogP contribution in [0.1, 0.15) is 33.6 Å². The standard InChI is InChI=1S/C16H16ClNO6/c1-4-11-8(16(20)21)5-14(24-11)15(19)18-10-7-12(22-2)9(17)6-13(10)23-3/h5-7H,4H2,1-3H3,(H,18,19)(H,20,21). The Hall–Kier alpha value is -2.67. The lowest BCUT2D eigenvalue weighted by molar-refractivity contribution is 0.0694. The second kappa shape index (κ2) is 7.27. The highest BCUT2D eigenvalue weighted by Crippen LogP contribution is 2.36. The maximum Gasteiger partial charge on any atom is 0.339 e. The first kappa shape index (κ1) is 17.7. The van der Waals surface area contributed by atoms with E-state index in [9.17, 15) is 9.59 Å². The van der Waals surface area contributed by atoms with Crippen LogP contribution in [-0.2, 0) is 6.42 Å². The maximum atomic E-state index is 12.3. The second-order valence-corrected chi connectivity index (χ2v) is 5.15. The van der Waals surface area contributed by atoms with E-state index >= 15 is 0 Å². The van der Waals surface area contributed by atoms with E-state index < -0.39 is 11.9 Å². The Labute approximate surface area is 143 Å². The predicted molar refractivity (Wildman–Crippen MR) is 87.6 cm³/mol. The predicted octanol–water partition coefficient (Wildman–Crippen LogP) is 3.46. The minimum absolute atomic E-state index is 0.0386. The van der Waals surface area contributed by atoms with Gasteiger partial charge in [0.2, 0.25) is 0 Å². The summed E-state index contributed by atoms with van der Waals surface area (Å²) in [6.07, 6.45) is 0.354. The van der Waals surface area contributed by atoms with Crippen LogP contribution in [-0.4, -0.2) is 31.2 Å². The van der Waals surface area contributed by atoms with E-state index in [0.29, 0.717) is 28.6 Å². The number of anilines is 1. The van der Waals surface area contributed by atoms with Crippen LogP contribution in [0.15, 0.2) is 22.6 Å². The molecular formula is C16H16ClNO6. The van der Waals surface area contributed by atoms with Gasteiger partial charge in [-0.15, -0.1) is 0 Å². The summed E-state index contributed by atoms with van der Waals surface area (Å²) in [6.45, 7) is 1.74. The lowest BCUT2D eigenvalue weighted by Gasteiger charge is -2.12. The molecule has 128 valence electrons. The fraction of sp³-hybridized carbons (Fsp3) is 0.250. The molecule has 0 unspecified atom stereocenters. The maximum absolute atomic E-state index is 12.3. The molecule has 0 saturated heterocycles. The second-order valence-electron chi connectivity index (χ2n) is 4.75. The van der Waals surface area contributed by atoms with Crippen molar-refractivity contribution in [3.8, 4) is 11.5 Å². The molecule has 1 aromatic heterocycles. The Morgan fingerprint density at radius 1 is 1.21 bits per heavy atom. The molecule has 0 fully saturated rings. The Kier molecular flexibility index (Phi) is 5.35. The summed E-state index contributed by atoms with van der Waals surface area (Å²) >= 11 is 6.01. The lowest BCUT2D eigenvalue weighted by Crippen LogP contribution is -2.12. The van der Waals surface area contributed by atoms with E-state index in [4.69, 9.17) is 30.6 Å². The van der Waals surface area contributed by atoms with Crippen LogP contribution in [0.2, 0.25) is 5.02 Å². The molecule has 0 radical (unpaired) electrons. The summed E-state index contributed by atoms with van der Waals surface area (Å²) in [5.41, 5.74) is 0.276. The van der Waals surface area contributed by atoms with Gasteiger partial charge in [0, 0.05) is 24.6 Å². The third-order valence-electron chi connectivity index (χ3n) is 3.31. The van der Waals surface area contributed by atoms with Crippen LogP contribution < -0.4 is 14.8 Å². The zero-order chi connectivity index (χ0) is 17.9. The number of carbonyl (C=O) groups is 2. The fourth-order valence-corrected chi connectivity index (χ4v) is 2.36. The van der Waals surface area contributed by atoms with Crippen molar-refractivity contribution in [3.05, 3.63) is 40.3 Å². The average Bonchev–Trinajstić information content (AvgIpc) is 3.00. The molecule has 2 aromatic rings. The minimum atomic E-state index is -1.15.